The van der Waals surface area contributed by atoms with Gasteiger partial charge in [-0.3, -0.25) is 4.90 Å². The number of fused-ring (bicyclic) bond motifs is 6. The number of nitrogens with zero attached hydrogens (tertiary/aromatic N) is 4. The number of piperazine rings is 1. The molecule has 1 saturated carbocycles. The zero-order valence-electron chi connectivity index (χ0n) is 25.7. The molecule has 4 atom stereocenters. The van der Waals surface area contributed by atoms with Crippen molar-refractivity contribution in [3.8, 4) is 35.2 Å². The highest BCUT2D eigenvalue weighted by Crippen LogP contribution is 2.49. The van der Waals surface area contributed by atoms with Gasteiger partial charge in [-0.15, -0.1) is 6.42 Å². The summed E-state index contributed by atoms with van der Waals surface area (Å²) in [7, 11) is 0. The number of aromatic nitrogens is 2. The Kier molecular flexibility index (Phi) is 7.01. The highest BCUT2D eigenvalue weighted by Gasteiger charge is 2.49. The van der Waals surface area contributed by atoms with Gasteiger partial charge in [0, 0.05) is 66.1 Å². The summed E-state index contributed by atoms with van der Waals surface area (Å²) in [6.07, 6.45) is 11.6. The Morgan fingerprint density at radius 3 is 2.62 bits per heavy atom. The molecule has 8 nitrogen and oxygen atoms in total. The quantitative estimate of drug-likeness (QED) is 0.226. The molecule has 0 radical (unpaired) electrons. The monoisotopic (exact) mass is 673 g/mol. The molecule has 47 heavy (non-hydrogen) atoms. The minimum absolute atomic E-state index is 0.0339. The van der Waals surface area contributed by atoms with Crippen molar-refractivity contribution in [2.24, 2.45) is 5.41 Å². The van der Waals surface area contributed by atoms with Crippen molar-refractivity contribution < 1.29 is 19.0 Å². The molecule has 2 unspecified atom stereocenters. The number of phenolic OH excluding ortho intramolecular Hbond substituents is 1. The Bertz CT molecular complexity index is 1990. The number of phenols is 1. The molecule has 9 rings (SSSR count). The van der Waals surface area contributed by atoms with E-state index in [-0.39, 0.29) is 33.3 Å². The van der Waals surface area contributed by atoms with Gasteiger partial charge in [0.15, 0.2) is 5.82 Å². The molecule has 4 bridgehead atoms. The Morgan fingerprint density at radius 2 is 1.91 bits per heavy atom. The number of halogens is 3. The summed E-state index contributed by atoms with van der Waals surface area (Å²) in [6, 6.07) is 9.48. The molecule has 5 fully saturated rings. The van der Waals surface area contributed by atoms with Crippen LogP contribution in [0.15, 0.2) is 30.3 Å². The van der Waals surface area contributed by atoms with Crippen LogP contribution in [0.25, 0.3) is 32.8 Å². The van der Waals surface area contributed by atoms with E-state index in [0.29, 0.717) is 69.0 Å². The zero-order chi connectivity index (χ0) is 32.0. The Morgan fingerprint density at radius 1 is 1.11 bits per heavy atom. The van der Waals surface area contributed by atoms with Gasteiger partial charge in [-0.25, -0.2) is 4.39 Å². The van der Waals surface area contributed by atoms with Crippen LogP contribution in [0.2, 0.25) is 10.0 Å². The van der Waals surface area contributed by atoms with E-state index in [0.717, 1.165) is 64.9 Å². The lowest BCUT2D eigenvalue weighted by atomic mass is 9.93. The van der Waals surface area contributed by atoms with Crippen LogP contribution in [-0.4, -0.2) is 83.6 Å². The largest absolute Gasteiger partial charge is 0.508 e. The average Bonchev–Trinajstić information content (AvgIpc) is 3.32. The number of likely N-dealkylation sites (tertiary alicyclic amines) is 1. The van der Waals surface area contributed by atoms with Gasteiger partial charge in [0.2, 0.25) is 0 Å². The summed E-state index contributed by atoms with van der Waals surface area (Å²) in [5, 5.41) is 16.5. The predicted molar refractivity (Wildman–Crippen MR) is 181 cm³/mol. The molecule has 4 aromatic rings. The molecule has 4 saturated heterocycles. The van der Waals surface area contributed by atoms with Crippen LogP contribution in [0.1, 0.15) is 37.7 Å². The van der Waals surface area contributed by atoms with E-state index in [1.807, 2.05) is 0 Å². The number of terminal acetylenes is 1. The maximum atomic E-state index is 17.1. The Labute approximate surface area is 282 Å². The van der Waals surface area contributed by atoms with E-state index >= 15 is 4.39 Å². The van der Waals surface area contributed by atoms with Crippen molar-refractivity contribution in [3.63, 3.8) is 0 Å². The summed E-state index contributed by atoms with van der Waals surface area (Å²) in [5.41, 5.74) is 0.954. The van der Waals surface area contributed by atoms with Crippen LogP contribution in [0.5, 0.6) is 11.8 Å². The third-order valence-electron chi connectivity index (χ3n) is 10.8. The third-order valence-corrected chi connectivity index (χ3v) is 11.5. The number of nitrogens with one attached hydrogen (secondary N) is 1. The average molecular weight is 675 g/mol. The van der Waals surface area contributed by atoms with Crippen LogP contribution in [0.3, 0.4) is 0 Å². The molecule has 4 aliphatic heterocycles. The lowest BCUT2D eigenvalue weighted by molar-refractivity contribution is 0.0176. The highest BCUT2D eigenvalue weighted by atomic mass is 35.5. The van der Waals surface area contributed by atoms with E-state index in [1.54, 1.807) is 24.3 Å². The van der Waals surface area contributed by atoms with E-state index in [1.165, 1.54) is 6.07 Å². The molecule has 11 heteroatoms. The minimum Gasteiger partial charge on any atom is -0.508 e. The van der Waals surface area contributed by atoms with Crippen LogP contribution < -0.4 is 15.0 Å². The van der Waals surface area contributed by atoms with Crippen molar-refractivity contribution in [2.75, 3.05) is 44.3 Å². The Hall–Kier alpha value is -3.39. The van der Waals surface area contributed by atoms with Crippen molar-refractivity contribution in [2.45, 2.75) is 56.3 Å². The van der Waals surface area contributed by atoms with Crippen molar-refractivity contribution in [1.82, 2.24) is 20.2 Å². The first-order chi connectivity index (χ1) is 22.8. The van der Waals surface area contributed by atoms with Gasteiger partial charge in [-0.05, 0) is 67.3 Å². The van der Waals surface area contributed by atoms with E-state index in [2.05, 4.69) is 21.0 Å². The number of morpholine rings is 1. The first-order valence-corrected chi connectivity index (χ1v) is 17.1. The summed E-state index contributed by atoms with van der Waals surface area (Å²) < 4.78 is 29.3. The first kappa shape index (κ1) is 29.7. The fourth-order valence-electron chi connectivity index (χ4n) is 8.29. The smallest absolute Gasteiger partial charge is 0.319 e. The number of hydrogen-bond donors (Lipinski definition) is 2. The van der Waals surface area contributed by atoms with E-state index < -0.39 is 5.82 Å². The summed E-state index contributed by atoms with van der Waals surface area (Å²) in [5.74, 6) is 2.57. The number of hydrogen-bond acceptors (Lipinski definition) is 8. The molecular weight excluding hydrogens is 640 g/mol. The van der Waals surface area contributed by atoms with Gasteiger partial charge >= 0.3 is 6.01 Å². The zero-order valence-corrected chi connectivity index (χ0v) is 27.2. The molecule has 5 aliphatic rings. The predicted octanol–water partition coefficient (Wildman–Crippen LogP) is 6.16. The third kappa shape index (κ3) is 5.08. The van der Waals surface area contributed by atoms with Gasteiger partial charge in [-0.1, -0.05) is 35.2 Å². The van der Waals surface area contributed by atoms with Crippen molar-refractivity contribution in [3.05, 3.63) is 51.8 Å². The maximum Gasteiger partial charge on any atom is 0.319 e. The number of rotatable bonds is 7. The van der Waals surface area contributed by atoms with Gasteiger partial charge in [0.25, 0.3) is 0 Å². The standard InChI is InChI=1S/C36H34Cl2FN5O3/c1-2-25-28(37)6-3-19-9-23(45)11-26(30(19)25)31-29(38)12-27-33(32(31)39)41-35(42-34(27)43-13-20-4-5-21(14-43)40-20)47-18-36(7-8-36)17-44-15-24-10-22(44)16-46-24/h1,3,6,9,11-12,20-22,24,40,45H,4-5,7-8,10,13-18H2/t20?,21?,22-,24-/m0/s1. The number of ether oxygens (including phenoxy) is 2. The van der Waals surface area contributed by atoms with Gasteiger partial charge < -0.3 is 24.8 Å². The molecule has 3 aromatic carbocycles. The van der Waals surface area contributed by atoms with Crippen molar-refractivity contribution in [1.29, 1.82) is 0 Å². The lowest BCUT2D eigenvalue weighted by Crippen LogP contribution is -2.51. The fraction of sp³-hybridized carbons (Fsp3) is 0.444. The van der Waals surface area contributed by atoms with E-state index in [4.69, 9.17) is 49.1 Å². The second-order valence-corrected chi connectivity index (χ2v) is 14.9. The molecule has 1 aromatic heterocycles. The highest BCUT2D eigenvalue weighted by molar-refractivity contribution is 6.36. The topological polar surface area (TPSA) is 83.0 Å². The van der Waals surface area contributed by atoms with Crippen LogP contribution in [0.4, 0.5) is 10.2 Å². The number of anilines is 1. The molecule has 242 valence electrons. The van der Waals surface area contributed by atoms with Crippen molar-refractivity contribution >= 4 is 50.7 Å². The maximum absolute atomic E-state index is 17.1. The number of aromatic hydroxyl groups is 1. The molecule has 0 amide bonds. The van der Waals surface area contributed by atoms with Crippen LogP contribution >= 0.6 is 23.2 Å². The SMILES string of the molecule is C#Cc1c(Cl)ccc2cc(O)cc(-c3c(Cl)cc4c(N5CC6CCC(C5)N6)nc(OCC5(CN6C[C@@H]7C[C@H]6CO7)CC5)nc4c3F)c12. The van der Waals surface area contributed by atoms with Crippen LogP contribution in [-0.2, 0) is 4.74 Å². The Balaban J connectivity index is 1.15. The van der Waals surface area contributed by atoms with E-state index in [9.17, 15) is 5.11 Å². The summed E-state index contributed by atoms with van der Waals surface area (Å²) >= 11 is 13.4. The molecule has 1 aliphatic carbocycles. The first-order valence-electron chi connectivity index (χ1n) is 16.4. The normalized spacial score (nSPS) is 26.0. The molecule has 2 N–H and O–H groups in total. The second-order valence-electron chi connectivity index (χ2n) is 14.0. The molecular formula is C36H34Cl2FN5O3. The molecule has 0 spiro atoms. The minimum atomic E-state index is -0.636. The van der Waals surface area contributed by atoms with Gasteiger partial charge in [-0.2, -0.15) is 9.97 Å². The number of benzene rings is 3. The summed E-state index contributed by atoms with van der Waals surface area (Å²) in [6.45, 7) is 4.68. The second kappa shape index (κ2) is 11.1. The fourth-order valence-corrected chi connectivity index (χ4v) is 8.80. The lowest BCUT2D eigenvalue weighted by Gasteiger charge is -2.34. The molecule has 5 heterocycles. The summed E-state index contributed by atoms with van der Waals surface area (Å²) in [4.78, 5) is 14.4. The van der Waals surface area contributed by atoms with Crippen LogP contribution in [0, 0.1) is 23.6 Å². The van der Waals surface area contributed by atoms with Gasteiger partial charge in [0.1, 0.15) is 17.1 Å². The van der Waals surface area contributed by atoms with Gasteiger partial charge in [0.05, 0.1) is 34.9 Å².